The summed E-state index contributed by atoms with van der Waals surface area (Å²) in [7, 11) is 0. The highest BCUT2D eigenvalue weighted by Gasteiger charge is 2.40. The molecule has 1 aliphatic heterocycles. The van der Waals surface area contributed by atoms with E-state index in [0.29, 0.717) is 13.1 Å². The summed E-state index contributed by atoms with van der Waals surface area (Å²) in [5.74, 6) is -0.102. The lowest BCUT2D eigenvalue weighted by atomic mass is 9.70. The number of aromatic nitrogens is 1. The van der Waals surface area contributed by atoms with Gasteiger partial charge in [0, 0.05) is 23.9 Å². The third-order valence-corrected chi connectivity index (χ3v) is 5.59. The van der Waals surface area contributed by atoms with Crippen LogP contribution in [-0.4, -0.2) is 41.5 Å². The van der Waals surface area contributed by atoms with Crippen molar-refractivity contribution in [3.8, 4) is 0 Å². The zero-order valence-electron chi connectivity index (χ0n) is 14.2. The Kier molecular flexibility index (Phi) is 5.03. The van der Waals surface area contributed by atoms with Gasteiger partial charge in [0.2, 0.25) is 5.91 Å². The van der Waals surface area contributed by atoms with Crippen LogP contribution in [0.5, 0.6) is 0 Å². The number of piperidine rings is 1. The van der Waals surface area contributed by atoms with Gasteiger partial charge in [-0.2, -0.15) is 0 Å². The summed E-state index contributed by atoms with van der Waals surface area (Å²) in [6.45, 7) is 3.22. The average Bonchev–Trinajstić information content (AvgIpc) is 3.07. The molecule has 2 heterocycles. The summed E-state index contributed by atoms with van der Waals surface area (Å²) in [6.07, 6.45) is 1.62. The molecule has 3 amide bonds. The van der Waals surface area contributed by atoms with Crippen molar-refractivity contribution in [1.29, 1.82) is 0 Å². The number of nitrogens with one attached hydrogen (secondary N) is 1. The van der Waals surface area contributed by atoms with Gasteiger partial charge in [0.25, 0.3) is 0 Å². The number of nitrogens with zero attached hydrogens (tertiary/aromatic N) is 2. The molecule has 0 saturated carbocycles. The number of rotatable bonds is 4. The van der Waals surface area contributed by atoms with E-state index in [4.69, 9.17) is 10.7 Å². The molecule has 1 saturated heterocycles. The number of hydrogen-bond acceptors (Lipinski definition) is 4. The number of benzene rings is 1. The zero-order chi connectivity index (χ0) is 17.9. The number of amides is 3. The fourth-order valence-electron chi connectivity index (χ4n) is 3.45. The van der Waals surface area contributed by atoms with Gasteiger partial charge in [-0.3, -0.25) is 4.79 Å². The number of carbonyl (C=O) groups is 2. The molecule has 132 valence electrons. The van der Waals surface area contributed by atoms with Crippen LogP contribution in [0.1, 0.15) is 29.1 Å². The zero-order valence-corrected chi connectivity index (χ0v) is 15.0. The molecular weight excluding hydrogens is 336 g/mol. The number of aryl methyl sites for hydroxylation is 1. The van der Waals surface area contributed by atoms with Crippen molar-refractivity contribution in [2.24, 2.45) is 5.73 Å². The van der Waals surface area contributed by atoms with E-state index in [2.05, 4.69) is 22.8 Å². The summed E-state index contributed by atoms with van der Waals surface area (Å²) < 4.78 is 0. The predicted molar refractivity (Wildman–Crippen MR) is 97.5 cm³/mol. The molecule has 0 aliphatic carbocycles. The van der Waals surface area contributed by atoms with E-state index in [0.717, 1.165) is 23.5 Å². The van der Waals surface area contributed by atoms with Crippen LogP contribution in [0, 0.1) is 6.92 Å². The number of thiazole rings is 1. The Morgan fingerprint density at radius 1 is 1.28 bits per heavy atom. The number of urea groups is 1. The van der Waals surface area contributed by atoms with Gasteiger partial charge in [0.1, 0.15) is 0 Å². The highest BCUT2D eigenvalue weighted by atomic mass is 32.1. The SMILES string of the molecule is Cc1nc(C2(c3ccccc3)CCN(C(=O)CNC(N)=O)CC2)cs1. The first-order valence-corrected chi connectivity index (χ1v) is 9.18. The van der Waals surface area contributed by atoms with E-state index in [9.17, 15) is 9.59 Å². The van der Waals surface area contributed by atoms with Gasteiger partial charge in [-0.25, -0.2) is 9.78 Å². The van der Waals surface area contributed by atoms with E-state index in [1.165, 1.54) is 5.56 Å². The number of nitrogens with two attached hydrogens (primary N) is 1. The van der Waals surface area contributed by atoms with Crippen molar-refractivity contribution < 1.29 is 9.59 Å². The second kappa shape index (κ2) is 7.23. The molecule has 7 heteroatoms. The van der Waals surface area contributed by atoms with Crippen molar-refractivity contribution >= 4 is 23.3 Å². The first-order valence-electron chi connectivity index (χ1n) is 8.30. The Balaban J connectivity index is 1.80. The molecule has 0 bridgehead atoms. The van der Waals surface area contributed by atoms with Crippen LogP contribution in [0.15, 0.2) is 35.7 Å². The van der Waals surface area contributed by atoms with Crippen molar-refractivity contribution in [3.05, 3.63) is 52.0 Å². The fraction of sp³-hybridized carbons (Fsp3) is 0.389. The molecule has 1 aliphatic rings. The van der Waals surface area contributed by atoms with E-state index < -0.39 is 6.03 Å². The largest absolute Gasteiger partial charge is 0.352 e. The van der Waals surface area contributed by atoms with Gasteiger partial charge in [-0.05, 0) is 25.3 Å². The van der Waals surface area contributed by atoms with Crippen molar-refractivity contribution in [1.82, 2.24) is 15.2 Å². The minimum Gasteiger partial charge on any atom is -0.352 e. The van der Waals surface area contributed by atoms with Gasteiger partial charge in [-0.15, -0.1) is 11.3 Å². The monoisotopic (exact) mass is 358 g/mol. The molecule has 3 N–H and O–H groups in total. The van der Waals surface area contributed by atoms with E-state index in [1.807, 2.05) is 25.1 Å². The second-order valence-corrected chi connectivity index (χ2v) is 7.36. The third kappa shape index (κ3) is 3.66. The minimum absolute atomic E-state index is 0.0521. The van der Waals surface area contributed by atoms with E-state index >= 15 is 0 Å². The number of hydrogen-bond donors (Lipinski definition) is 2. The van der Waals surface area contributed by atoms with Crippen LogP contribution < -0.4 is 11.1 Å². The smallest absolute Gasteiger partial charge is 0.312 e. The van der Waals surface area contributed by atoms with Crippen LogP contribution in [0.2, 0.25) is 0 Å². The molecule has 1 fully saturated rings. The molecule has 2 aromatic rings. The van der Waals surface area contributed by atoms with Crippen LogP contribution in [-0.2, 0) is 10.2 Å². The van der Waals surface area contributed by atoms with Crippen LogP contribution in [0.3, 0.4) is 0 Å². The molecule has 0 unspecified atom stereocenters. The number of primary amides is 1. The van der Waals surface area contributed by atoms with Crippen LogP contribution >= 0.6 is 11.3 Å². The molecule has 0 radical (unpaired) electrons. The lowest BCUT2D eigenvalue weighted by Gasteiger charge is -2.41. The highest BCUT2D eigenvalue weighted by Crippen LogP contribution is 2.41. The molecule has 25 heavy (non-hydrogen) atoms. The standard InChI is InChI=1S/C18H22N4O2S/c1-13-21-15(12-25-13)18(14-5-3-2-4-6-14)7-9-22(10-8-18)16(23)11-20-17(19)24/h2-6,12H,7-11H2,1H3,(H3,19,20,24). The Bertz CT molecular complexity index is 751. The summed E-state index contributed by atoms with van der Waals surface area (Å²) in [5, 5.41) is 5.55. The van der Waals surface area contributed by atoms with Gasteiger partial charge >= 0.3 is 6.03 Å². The van der Waals surface area contributed by atoms with Crippen LogP contribution in [0.25, 0.3) is 0 Å². The number of carbonyl (C=O) groups excluding carboxylic acids is 2. The molecule has 3 rings (SSSR count). The summed E-state index contributed by atoms with van der Waals surface area (Å²) in [4.78, 5) is 29.6. The first-order chi connectivity index (χ1) is 12.0. The Morgan fingerprint density at radius 2 is 1.96 bits per heavy atom. The van der Waals surface area contributed by atoms with Crippen LogP contribution in [0.4, 0.5) is 4.79 Å². The van der Waals surface area contributed by atoms with Gasteiger partial charge < -0.3 is 16.0 Å². The van der Waals surface area contributed by atoms with Crippen molar-refractivity contribution in [2.75, 3.05) is 19.6 Å². The van der Waals surface area contributed by atoms with Gasteiger partial charge in [-0.1, -0.05) is 30.3 Å². The maximum atomic E-state index is 12.2. The molecule has 0 atom stereocenters. The number of likely N-dealkylation sites (tertiary alicyclic amines) is 1. The Hall–Kier alpha value is -2.41. The Labute approximate surface area is 151 Å². The van der Waals surface area contributed by atoms with Gasteiger partial charge in [0.15, 0.2) is 0 Å². The molecule has 1 aromatic carbocycles. The third-order valence-electron chi connectivity index (χ3n) is 4.82. The van der Waals surface area contributed by atoms with Crippen molar-refractivity contribution in [2.45, 2.75) is 25.2 Å². The highest BCUT2D eigenvalue weighted by molar-refractivity contribution is 7.09. The van der Waals surface area contributed by atoms with E-state index in [1.54, 1.807) is 16.2 Å². The van der Waals surface area contributed by atoms with E-state index in [-0.39, 0.29) is 17.9 Å². The summed E-state index contributed by atoms with van der Waals surface area (Å²) in [5.41, 5.74) is 7.20. The molecule has 6 nitrogen and oxygen atoms in total. The fourth-order valence-corrected chi connectivity index (χ4v) is 4.16. The predicted octanol–water partition coefficient (Wildman–Crippen LogP) is 2.03. The lowest BCUT2D eigenvalue weighted by Crippen LogP contribution is -2.49. The second-order valence-electron chi connectivity index (χ2n) is 6.30. The molecule has 0 spiro atoms. The normalized spacial score (nSPS) is 16.4. The summed E-state index contributed by atoms with van der Waals surface area (Å²) in [6, 6.07) is 9.70. The Morgan fingerprint density at radius 3 is 2.52 bits per heavy atom. The minimum atomic E-state index is -0.679. The summed E-state index contributed by atoms with van der Waals surface area (Å²) >= 11 is 1.66. The maximum absolute atomic E-state index is 12.2. The lowest BCUT2D eigenvalue weighted by molar-refractivity contribution is -0.131. The maximum Gasteiger partial charge on any atom is 0.312 e. The van der Waals surface area contributed by atoms with Crippen molar-refractivity contribution in [3.63, 3.8) is 0 Å². The molecular formula is C18H22N4O2S. The first kappa shape index (κ1) is 17.4. The van der Waals surface area contributed by atoms with Gasteiger partial charge in [0.05, 0.1) is 17.2 Å². The topological polar surface area (TPSA) is 88.3 Å². The quantitative estimate of drug-likeness (QED) is 0.876. The molecule has 1 aromatic heterocycles. The average molecular weight is 358 g/mol.